The molecule has 0 amide bonds. The topological polar surface area (TPSA) is 26.3 Å². The molecule has 0 atom stereocenters. The Balaban J connectivity index is 1.79. The number of halogens is 3. The van der Waals surface area contributed by atoms with Crippen molar-refractivity contribution in [3.8, 4) is 0 Å². The van der Waals surface area contributed by atoms with Crippen molar-refractivity contribution < 1.29 is 9.53 Å². The molecule has 0 aliphatic heterocycles. The molecule has 22 heavy (non-hydrogen) atoms. The molecule has 1 aromatic carbocycles. The fourth-order valence-corrected chi connectivity index (χ4v) is 3.62. The van der Waals surface area contributed by atoms with Crippen molar-refractivity contribution in [2.75, 3.05) is 6.61 Å². The van der Waals surface area contributed by atoms with Crippen molar-refractivity contribution in [2.45, 2.75) is 38.5 Å². The van der Waals surface area contributed by atoms with Crippen LogP contribution < -0.4 is 0 Å². The highest BCUT2D eigenvalue weighted by molar-refractivity contribution is 6.41. The predicted molar refractivity (Wildman–Crippen MR) is 92.1 cm³/mol. The number of carbonyl (C=O) groups is 1. The van der Waals surface area contributed by atoms with E-state index in [0.717, 1.165) is 0 Å². The number of hydrogen-bond acceptors (Lipinski definition) is 2. The van der Waals surface area contributed by atoms with E-state index < -0.39 is 5.97 Å². The van der Waals surface area contributed by atoms with Crippen LogP contribution in [0.3, 0.4) is 0 Å². The third kappa shape index (κ3) is 5.19. The van der Waals surface area contributed by atoms with Gasteiger partial charge in [-0.05, 0) is 37.3 Å². The van der Waals surface area contributed by atoms with Gasteiger partial charge in [0.25, 0.3) is 0 Å². The summed E-state index contributed by atoms with van der Waals surface area (Å²) in [7, 11) is 0. The van der Waals surface area contributed by atoms with E-state index in [0.29, 0.717) is 24.0 Å². The normalized spacial score (nSPS) is 16.1. The summed E-state index contributed by atoms with van der Waals surface area (Å²) >= 11 is 17.8. The zero-order valence-electron chi connectivity index (χ0n) is 12.3. The minimum atomic E-state index is -0.516. The van der Waals surface area contributed by atoms with Gasteiger partial charge in [0.05, 0.1) is 22.2 Å². The Hall–Kier alpha value is -0.700. The lowest BCUT2D eigenvalue weighted by atomic mass is 9.89. The second kappa shape index (κ2) is 8.81. The second-order valence-electron chi connectivity index (χ2n) is 5.50. The lowest BCUT2D eigenvalue weighted by Crippen LogP contribution is -2.08. The zero-order valence-corrected chi connectivity index (χ0v) is 14.6. The van der Waals surface area contributed by atoms with E-state index in [9.17, 15) is 4.79 Å². The van der Waals surface area contributed by atoms with Gasteiger partial charge < -0.3 is 4.74 Å². The lowest BCUT2D eigenvalue weighted by molar-refractivity contribution is 0.0512. The first-order valence-electron chi connectivity index (χ1n) is 7.56. The van der Waals surface area contributed by atoms with Crippen LogP contribution in [-0.2, 0) is 4.74 Å². The molecular formula is C17H19Cl3O2. The fourth-order valence-electron chi connectivity index (χ4n) is 2.64. The summed E-state index contributed by atoms with van der Waals surface area (Å²) in [4.78, 5) is 12.0. The van der Waals surface area contributed by atoms with Crippen LogP contribution in [0.15, 0.2) is 24.3 Å². The van der Waals surface area contributed by atoms with E-state index in [1.807, 2.05) is 0 Å². The van der Waals surface area contributed by atoms with Gasteiger partial charge in [0.1, 0.15) is 0 Å². The number of hydrogen-bond donors (Lipinski definition) is 0. The van der Waals surface area contributed by atoms with Crippen LogP contribution in [0, 0.1) is 5.92 Å². The molecule has 2 nitrogen and oxygen atoms in total. The molecule has 0 unspecified atom stereocenters. The Morgan fingerprint density at radius 1 is 1.14 bits per heavy atom. The first-order valence-corrected chi connectivity index (χ1v) is 8.69. The number of allylic oxidation sites excluding steroid dienone is 1. The van der Waals surface area contributed by atoms with Crippen LogP contribution in [0.5, 0.6) is 0 Å². The number of ether oxygens (including phenoxy) is 1. The van der Waals surface area contributed by atoms with E-state index >= 15 is 0 Å². The Morgan fingerprint density at radius 3 is 2.41 bits per heavy atom. The van der Waals surface area contributed by atoms with E-state index in [1.165, 1.54) is 44.2 Å². The molecule has 0 heterocycles. The lowest BCUT2D eigenvalue weighted by Gasteiger charge is -2.17. The van der Waals surface area contributed by atoms with E-state index in [-0.39, 0.29) is 15.6 Å². The number of rotatable bonds is 5. The summed E-state index contributed by atoms with van der Waals surface area (Å²) in [5.41, 5.74) is 0.170. The molecule has 0 aromatic heterocycles. The average Bonchev–Trinajstić information content (AvgIpc) is 2.47. The van der Waals surface area contributed by atoms with Crippen molar-refractivity contribution in [3.63, 3.8) is 0 Å². The van der Waals surface area contributed by atoms with Gasteiger partial charge >= 0.3 is 5.97 Å². The van der Waals surface area contributed by atoms with E-state index in [2.05, 4.69) is 12.2 Å². The van der Waals surface area contributed by atoms with Crippen LogP contribution in [0.25, 0.3) is 0 Å². The molecule has 0 bridgehead atoms. The van der Waals surface area contributed by atoms with Crippen molar-refractivity contribution in [2.24, 2.45) is 5.92 Å². The largest absolute Gasteiger partial charge is 0.462 e. The first kappa shape index (κ1) is 17.7. The molecule has 0 N–H and O–H groups in total. The molecule has 1 aromatic rings. The summed E-state index contributed by atoms with van der Waals surface area (Å²) < 4.78 is 5.22. The zero-order chi connectivity index (χ0) is 15.9. The van der Waals surface area contributed by atoms with Crippen LogP contribution in [-0.4, -0.2) is 12.6 Å². The maximum atomic E-state index is 12.0. The van der Waals surface area contributed by atoms with Gasteiger partial charge in [-0.2, -0.15) is 0 Å². The minimum absolute atomic E-state index is 0.170. The first-order chi connectivity index (χ1) is 10.6. The molecule has 1 aliphatic rings. The standard InChI is InChI=1S/C17H19Cl3O2/c18-13-10-14(19)16(15(20)11-13)17(21)22-9-5-4-8-12-6-2-1-3-7-12/h4,8,10-12H,1-3,5-7,9H2/b8-4+. The summed E-state index contributed by atoms with van der Waals surface area (Å²) in [5.74, 6) is 0.169. The van der Waals surface area contributed by atoms with Crippen LogP contribution in [0.4, 0.5) is 0 Å². The van der Waals surface area contributed by atoms with Gasteiger partial charge in [-0.25, -0.2) is 4.79 Å². The van der Waals surface area contributed by atoms with Gasteiger partial charge in [-0.3, -0.25) is 0 Å². The Morgan fingerprint density at radius 2 is 1.77 bits per heavy atom. The summed E-state index contributed by atoms with van der Waals surface area (Å²) in [6.45, 7) is 0.317. The Kier molecular flexibility index (Phi) is 7.07. The highest BCUT2D eigenvalue weighted by Crippen LogP contribution is 2.29. The van der Waals surface area contributed by atoms with Crippen molar-refractivity contribution in [1.29, 1.82) is 0 Å². The molecule has 1 saturated carbocycles. The molecule has 0 radical (unpaired) electrons. The monoisotopic (exact) mass is 360 g/mol. The van der Waals surface area contributed by atoms with Gasteiger partial charge in [0, 0.05) is 5.02 Å². The maximum absolute atomic E-state index is 12.0. The Labute approximate surface area is 146 Å². The van der Waals surface area contributed by atoms with Crippen molar-refractivity contribution >= 4 is 40.8 Å². The van der Waals surface area contributed by atoms with Gasteiger partial charge in [0.2, 0.25) is 0 Å². The molecule has 1 fully saturated rings. The summed E-state index contributed by atoms with van der Waals surface area (Å²) in [6.07, 6.45) is 11.6. The van der Waals surface area contributed by atoms with Crippen molar-refractivity contribution in [3.05, 3.63) is 44.9 Å². The number of esters is 1. The van der Waals surface area contributed by atoms with Crippen LogP contribution in [0.2, 0.25) is 15.1 Å². The average molecular weight is 362 g/mol. The van der Waals surface area contributed by atoms with Crippen LogP contribution >= 0.6 is 34.8 Å². The molecular weight excluding hydrogens is 343 g/mol. The van der Waals surface area contributed by atoms with Gasteiger partial charge in [-0.15, -0.1) is 0 Å². The van der Waals surface area contributed by atoms with Crippen molar-refractivity contribution in [1.82, 2.24) is 0 Å². The quantitative estimate of drug-likeness (QED) is 0.348. The van der Waals surface area contributed by atoms with Gasteiger partial charge in [-0.1, -0.05) is 66.2 Å². The minimum Gasteiger partial charge on any atom is -0.462 e. The number of benzene rings is 1. The molecule has 120 valence electrons. The van der Waals surface area contributed by atoms with Crippen LogP contribution in [0.1, 0.15) is 48.9 Å². The number of carbonyl (C=O) groups excluding carboxylic acids is 1. The third-order valence-electron chi connectivity index (χ3n) is 3.79. The fraction of sp³-hybridized carbons (Fsp3) is 0.471. The predicted octanol–water partition coefficient (Wildman–Crippen LogP) is 6.33. The van der Waals surface area contributed by atoms with Gasteiger partial charge in [0.15, 0.2) is 0 Å². The highest BCUT2D eigenvalue weighted by Gasteiger charge is 2.17. The highest BCUT2D eigenvalue weighted by atomic mass is 35.5. The second-order valence-corrected chi connectivity index (χ2v) is 6.75. The molecule has 5 heteroatoms. The smallest absolute Gasteiger partial charge is 0.341 e. The molecule has 0 spiro atoms. The van der Waals surface area contributed by atoms with E-state index in [1.54, 1.807) is 0 Å². The molecule has 0 saturated heterocycles. The third-order valence-corrected chi connectivity index (χ3v) is 4.60. The maximum Gasteiger partial charge on any atom is 0.341 e. The summed E-state index contributed by atoms with van der Waals surface area (Å²) in [5, 5.41) is 0.808. The SMILES string of the molecule is O=C(OCC/C=C/C1CCCCC1)c1c(Cl)cc(Cl)cc1Cl. The molecule has 1 aliphatic carbocycles. The summed E-state index contributed by atoms with van der Waals surface area (Å²) in [6, 6.07) is 2.96. The Bertz CT molecular complexity index is 526. The molecule has 2 rings (SSSR count). The van der Waals surface area contributed by atoms with E-state index in [4.69, 9.17) is 39.5 Å².